The zero-order valence-corrected chi connectivity index (χ0v) is 16.1. The summed E-state index contributed by atoms with van der Waals surface area (Å²) in [6.45, 7) is 2.73. The Hall–Kier alpha value is -2.79. The summed E-state index contributed by atoms with van der Waals surface area (Å²) in [5.41, 5.74) is 2.34. The largest absolute Gasteiger partial charge is 0.494 e. The number of benzene rings is 3. The van der Waals surface area contributed by atoms with Gasteiger partial charge >= 0.3 is 0 Å². The van der Waals surface area contributed by atoms with Crippen molar-refractivity contribution < 1.29 is 13.2 Å². The monoisotopic (exact) mass is 381 g/mol. The molecule has 0 aliphatic carbocycles. The molecule has 3 aromatic rings. The molecular formula is C22H23NO3S. The van der Waals surface area contributed by atoms with Gasteiger partial charge in [0.2, 0.25) is 0 Å². The number of nitrogens with one attached hydrogen (secondary N) is 1. The summed E-state index contributed by atoms with van der Waals surface area (Å²) in [7, 11) is -3.69. The fraction of sp³-hybridized carbons (Fsp3) is 0.182. The maximum atomic E-state index is 12.8. The van der Waals surface area contributed by atoms with Crippen molar-refractivity contribution >= 4 is 15.7 Å². The molecule has 0 aliphatic heterocycles. The van der Waals surface area contributed by atoms with Crippen LogP contribution in [-0.4, -0.2) is 15.0 Å². The van der Waals surface area contributed by atoms with Crippen LogP contribution in [0.5, 0.6) is 5.75 Å². The minimum atomic E-state index is -3.69. The van der Waals surface area contributed by atoms with Gasteiger partial charge < -0.3 is 4.74 Å². The fourth-order valence-corrected chi connectivity index (χ4v) is 3.77. The molecule has 0 saturated carbocycles. The van der Waals surface area contributed by atoms with Crippen LogP contribution in [0.3, 0.4) is 0 Å². The lowest BCUT2D eigenvalue weighted by atomic mass is 10.0. The van der Waals surface area contributed by atoms with E-state index < -0.39 is 10.0 Å². The second-order valence-corrected chi connectivity index (χ2v) is 7.87. The maximum absolute atomic E-state index is 12.8. The number of para-hydroxylation sites is 1. The molecule has 1 N–H and O–H groups in total. The zero-order chi connectivity index (χ0) is 19.1. The summed E-state index contributed by atoms with van der Waals surface area (Å²) in [6.07, 6.45) is 2.02. The van der Waals surface area contributed by atoms with Crippen molar-refractivity contribution in [3.05, 3.63) is 78.9 Å². The van der Waals surface area contributed by atoms with Crippen LogP contribution in [0.1, 0.15) is 19.8 Å². The molecule has 0 saturated heterocycles. The van der Waals surface area contributed by atoms with E-state index in [1.165, 1.54) is 0 Å². The van der Waals surface area contributed by atoms with Crippen LogP contribution in [0.15, 0.2) is 83.8 Å². The third-order valence-electron chi connectivity index (χ3n) is 4.16. The quantitative estimate of drug-likeness (QED) is 0.536. The standard InChI is InChI=1S/C22H23NO3S/c1-2-3-17-26-19-13-15-20(16-14-19)27(24,25)23-22-12-8-7-11-21(22)18-9-5-4-6-10-18/h4-16,23H,2-3,17H2,1H3. The first-order valence-electron chi connectivity index (χ1n) is 9.00. The van der Waals surface area contributed by atoms with Crippen molar-refractivity contribution in [2.75, 3.05) is 11.3 Å². The van der Waals surface area contributed by atoms with E-state index in [-0.39, 0.29) is 4.90 Å². The highest BCUT2D eigenvalue weighted by Gasteiger charge is 2.16. The summed E-state index contributed by atoms with van der Waals surface area (Å²) in [4.78, 5) is 0.202. The first-order chi connectivity index (χ1) is 13.1. The Kier molecular flexibility index (Phi) is 6.14. The van der Waals surface area contributed by atoms with Crippen molar-refractivity contribution in [3.8, 4) is 16.9 Å². The zero-order valence-electron chi connectivity index (χ0n) is 15.3. The van der Waals surface area contributed by atoms with E-state index in [1.54, 1.807) is 30.3 Å². The molecule has 0 amide bonds. The number of hydrogen-bond acceptors (Lipinski definition) is 3. The summed E-state index contributed by atoms with van der Waals surface area (Å²) < 4.78 is 33.9. The predicted octanol–water partition coefficient (Wildman–Crippen LogP) is 5.33. The lowest BCUT2D eigenvalue weighted by Crippen LogP contribution is -2.13. The van der Waals surface area contributed by atoms with Crippen LogP contribution >= 0.6 is 0 Å². The van der Waals surface area contributed by atoms with Gasteiger partial charge in [-0.15, -0.1) is 0 Å². The van der Waals surface area contributed by atoms with Gasteiger partial charge in [0, 0.05) is 5.56 Å². The normalized spacial score (nSPS) is 11.1. The molecule has 5 heteroatoms. The Morgan fingerprint density at radius 2 is 1.52 bits per heavy atom. The van der Waals surface area contributed by atoms with Gasteiger partial charge in [0.05, 0.1) is 17.2 Å². The number of unbranched alkanes of at least 4 members (excludes halogenated alkanes) is 1. The molecule has 0 unspecified atom stereocenters. The average molecular weight is 381 g/mol. The van der Waals surface area contributed by atoms with Crippen LogP contribution in [-0.2, 0) is 10.0 Å². The third kappa shape index (κ3) is 4.89. The number of ether oxygens (including phenoxy) is 1. The van der Waals surface area contributed by atoms with Crippen molar-refractivity contribution in [3.63, 3.8) is 0 Å². The molecule has 0 fully saturated rings. The lowest BCUT2D eigenvalue weighted by Gasteiger charge is -2.13. The molecule has 4 nitrogen and oxygen atoms in total. The number of hydrogen-bond donors (Lipinski definition) is 1. The van der Waals surface area contributed by atoms with Gasteiger partial charge in [0.25, 0.3) is 10.0 Å². The van der Waals surface area contributed by atoms with E-state index in [1.807, 2.05) is 48.5 Å². The van der Waals surface area contributed by atoms with Crippen LogP contribution in [0, 0.1) is 0 Å². The van der Waals surface area contributed by atoms with Crippen molar-refractivity contribution in [2.24, 2.45) is 0 Å². The minimum absolute atomic E-state index is 0.202. The molecule has 0 radical (unpaired) electrons. The van der Waals surface area contributed by atoms with Gasteiger partial charge in [-0.2, -0.15) is 0 Å². The molecule has 3 rings (SSSR count). The van der Waals surface area contributed by atoms with E-state index in [2.05, 4.69) is 11.6 Å². The van der Waals surface area contributed by atoms with Crippen LogP contribution in [0.2, 0.25) is 0 Å². The third-order valence-corrected chi connectivity index (χ3v) is 5.54. The molecular weight excluding hydrogens is 358 g/mol. The molecule has 0 aliphatic rings. The van der Waals surface area contributed by atoms with Crippen molar-refractivity contribution in [1.29, 1.82) is 0 Å². The van der Waals surface area contributed by atoms with Gasteiger partial charge in [0.1, 0.15) is 5.75 Å². The van der Waals surface area contributed by atoms with Gasteiger partial charge in [0.15, 0.2) is 0 Å². The second kappa shape index (κ2) is 8.73. The molecule has 3 aromatic carbocycles. The Morgan fingerprint density at radius 3 is 2.22 bits per heavy atom. The summed E-state index contributed by atoms with van der Waals surface area (Å²) in [6, 6.07) is 23.6. The van der Waals surface area contributed by atoms with E-state index in [0.717, 1.165) is 24.0 Å². The summed E-state index contributed by atoms with van der Waals surface area (Å²) >= 11 is 0. The van der Waals surface area contributed by atoms with Gasteiger partial charge in [-0.1, -0.05) is 61.9 Å². The Morgan fingerprint density at radius 1 is 0.852 bits per heavy atom. The average Bonchev–Trinajstić information content (AvgIpc) is 2.69. The first-order valence-corrected chi connectivity index (χ1v) is 10.5. The highest BCUT2D eigenvalue weighted by atomic mass is 32.2. The molecule has 0 bridgehead atoms. The number of rotatable bonds is 8. The van der Waals surface area contributed by atoms with E-state index >= 15 is 0 Å². The summed E-state index contributed by atoms with van der Waals surface area (Å²) in [5, 5.41) is 0. The van der Waals surface area contributed by atoms with E-state index in [4.69, 9.17) is 4.74 Å². The highest BCUT2D eigenvalue weighted by molar-refractivity contribution is 7.92. The van der Waals surface area contributed by atoms with Crippen molar-refractivity contribution in [1.82, 2.24) is 0 Å². The number of sulfonamides is 1. The molecule has 0 heterocycles. The van der Waals surface area contributed by atoms with Crippen molar-refractivity contribution in [2.45, 2.75) is 24.7 Å². The summed E-state index contributed by atoms with van der Waals surface area (Å²) in [5.74, 6) is 0.673. The minimum Gasteiger partial charge on any atom is -0.494 e. The van der Waals surface area contributed by atoms with Gasteiger partial charge in [-0.25, -0.2) is 8.42 Å². The Labute approximate surface area is 160 Å². The second-order valence-electron chi connectivity index (χ2n) is 6.19. The van der Waals surface area contributed by atoms with Gasteiger partial charge in [-0.05, 0) is 42.3 Å². The van der Waals surface area contributed by atoms with Crippen LogP contribution in [0.4, 0.5) is 5.69 Å². The lowest BCUT2D eigenvalue weighted by molar-refractivity contribution is 0.309. The topological polar surface area (TPSA) is 55.4 Å². The molecule has 0 aromatic heterocycles. The number of anilines is 1. The highest BCUT2D eigenvalue weighted by Crippen LogP contribution is 2.29. The Bertz CT molecular complexity index is 968. The molecule has 0 spiro atoms. The van der Waals surface area contributed by atoms with E-state index in [0.29, 0.717) is 18.0 Å². The van der Waals surface area contributed by atoms with Crippen LogP contribution < -0.4 is 9.46 Å². The molecule has 27 heavy (non-hydrogen) atoms. The fourth-order valence-electron chi connectivity index (χ4n) is 2.69. The molecule has 0 atom stereocenters. The van der Waals surface area contributed by atoms with Gasteiger partial charge in [-0.3, -0.25) is 4.72 Å². The smallest absolute Gasteiger partial charge is 0.261 e. The van der Waals surface area contributed by atoms with Crippen LogP contribution in [0.25, 0.3) is 11.1 Å². The first kappa shape index (κ1) is 19.0. The SMILES string of the molecule is CCCCOc1ccc(S(=O)(=O)Nc2ccccc2-c2ccccc2)cc1. The van der Waals surface area contributed by atoms with E-state index in [9.17, 15) is 8.42 Å². The molecule has 140 valence electrons. The predicted molar refractivity (Wildman–Crippen MR) is 110 cm³/mol. The maximum Gasteiger partial charge on any atom is 0.261 e. The Balaban J connectivity index is 1.81.